The average molecular weight is 230 g/mol. The van der Waals surface area contributed by atoms with Gasteiger partial charge in [-0.3, -0.25) is 9.05 Å². The Kier molecular flexibility index (Phi) is 4.59. The van der Waals surface area contributed by atoms with Crippen LogP contribution in [0, 0.1) is 0 Å². The highest BCUT2D eigenvalue weighted by Gasteiger charge is 2.28. The van der Waals surface area contributed by atoms with Crippen molar-refractivity contribution in [1.82, 2.24) is 0 Å². The summed E-state index contributed by atoms with van der Waals surface area (Å²) in [6.45, 7) is 2.02. The van der Waals surface area contributed by atoms with E-state index in [-0.39, 0.29) is 11.9 Å². The van der Waals surface area contributed by atoms with Gasteiger partial charge < -0.3 is 4.89 Å². The van der Waals surface area contributed by atoms with Crippen LogP contribution in [0.4, 0.5) is 0 Å². The van der Waals surface area contributed by atoms with Gasteiger partial charge in [-0.25, -0.2) is 4.57 Å². The maximum absolute atomic E-state index is 11.2. The predicted octanol–water partition coefficient (Wildman–Crippen LogP) is 2.21. The Balaban J connectivity index is 2.59. The topological polar surface area (TPSA) is 55.8 Å². The van der Waals surface area contributed by atoms with Crippen molar-refractivity contribution < 1.29 is 18.5 Å². The lowest BCUT2D eigenvalue weighted by Crippen LogP contribution is -2.19. The molecule has 0 saturated heterocycles. The summed E-state index contributed by atoms with van der Waals surface area (Å²) >= 11 is 0. The Morgan fingerprint density at radius 2 is 2.40 bits per heavy atom. The smallest absolute Gasteiger partial charge is 0.302 e. The molecule has 0 fully saturated rings. The molecule has 0 spiro atoms. The Labute approximate surface area is 91.7 Å². The largest absolute Gasteiger partial charge is 0.472 e. The summed E-state index contributed by atoms with van der Waals surface area (Å²) in [5.41, 5.74) is 1.16. The van der Waals surface area contributed by atoms with Crippen LogP contribution in [0.25, 0.3) is 0 Å². The first-order valence-electron chi connectivity index (χ1n) is 4.99. The van der Waals surface area contributed by atoms with E-state index in [4.69, 9.17) is 12.4 Å². The lowest BCUT2D eigenvalue weighted by molar-refractivity contribution is 0.110. The van der Waals surface area contributed by atoms with Crippen LogP contribution in [0.3, 0.4) is 0 Å². The van der Waals surface area contributed by atoms with E-state index in [9.17, 15) is 9.46 Å². The molecule has 0 amide bonds. The molecule has 84 valence electrons. The monoisotopic (exact) mass is 230 g/mol. The Hall–Kier alpha value is -0.0851. The first kappa shape index (κ1) is 13.0. The van der Waals surface area contributed by atoms with Crippen LogP contribution in [0.5, 0.6) is 0 Å². The molecule has 0 aliphatic heterocycles. The first-order chi connectivity index (χ1) is 6.96. The third-order valence-electron chi connectivity index (χ3n) is 2.44. The van der Waals surface area contributed by atoms with Gasteiger partial charge >= 0.3 is 7.82 Å². The molecule has 15 heavy (non-hydrogen) atoms. The van der Waals surface area contributed by atoms with Crippen molar-refractivity contribution in [3.05, 3.63) is 11.6 Å². The van der Waals surface area contributed by atoms with Gasteiger partial charge in [0.05, 0.1) is 14.0 Å². The molecule has 0 aromatic carbocycles. The SMILES string of the molecule is [B][C@@H]1C=C(CC)C[C@H](OP(=O)(O)OC)C1. The second kappa shape index (κ2) is 5.31. The Bertz CT molecular complexity index is 292. The van der Waals surface area contributed by atoms with Gasteiger partial charge in [-0.1, -0.05) is 24.4 Å². The molecule has 0 saturated carbocycles. The van der Waals surface area contributed by atoms with Crippen LogP contribution in [-0.4, -0.2) is 26.0 Å². The van der Waals surface area contributed by atoms with E-state index in [1.54, 1.807) is 0 Å². The summed E-state index contributed by atoms with van der Waals surface area (Å²) in [7, 11) is 3.05. The molecule has 1 aliphatic carbocycles. The van der Waals surface area contributed by atoms with Crippen LogP contribution in [-0.2, 0) is 13.6 Å². The lowest BCUT2D eigenvalue weighted by Gasteiger charge is -2.27. The fourth-order valence-corrected chi connectivity index (χ4v) is 2.32. The number of hydrogen-bond donors (Lipinski definition) is 1. The number of allylic oxidation sites excluding steroid dienone is 1. The minimum absolute atomic E-state index is 0.101. The molecule has 6 heteroatoms. The molecular weight excluding hydrogens is 214 g/mol. The summed E-state index contributed by atoms with van der Waals surface area (Å²) in [5, 5.41) is 0. The van der Waals surface area contributed by atoms with Crippen molar-refractivity contribution in [3.8, 4) is 0 Å². The molecule has 1 N–H and O–H groups in total. The van der Waals surface area contributed by atoms with Crippen molar-refractivity contribution in [2.45, 2.75) is 38.1 Å². The zero-order valence-electron chi connectivity index (χ0n) is 9.05. The molecule has 1 unspecified atom stereocenters. The van der Waals surface area contributed by atoms with E-state index in [1.807, 2.05) is 13.0 Å². The van der Waals surface area contributed by atoms with E-state index >= 15 is 0 Å². The summed E-state index contributed by atoms with van der Waals surface area (Å²) in [6, 6.07) is 0. The first-order valence-corrected chi connectivity index (χ1v) is 6.48. The molecule has 4 nitrogen and oxygen atoms in total. The molecule has 2 radical (unpaired) electrons. The molecule has 0 bridgehead atoms. The Morgan fingerprint density at radius 1 is 1.73 bits per heavy atom. The minimum Gasteiger partial charge on any atom is -0.302 e. The predicted molar refractivity (Wildman–Crippen MR) is 58.8 cm³/mol. The van der Waals surface area contributed by atoms with Gasteiger partial charge in [0.2, 0.25) is 0 Å². The van der Waals surface area contributed by atoms with Crippen molar-refractivity contribution in [1.29, 1.82) is 0 Å². The average Bonchev–Trinajstić information content (AvgIpc) is 2.16. The molecule has 0 heterocycles. The normalized spacial score (nSPS) is 30.7. The van der Waals surface area contributed by atoms with Gasteiger partial charge in [0.15, 0.2) is 0 Å². The summed E-state index contributed by atoms with van der Waals surface area (Å²) in [5.74, 6) is -0.101. The van der Waals surface area contributed by atoms with Gasteiger partial charge in [0.1, 0.15) is 0 Å². The van der Waals surface area contributed by atoms with Gasteiger partial charge in [0.25, 0.3) is 0 Å². The van der Waals surface area contributed by atoms with Gasteiger partial charge in [-0.05, 0) is 19.3 Å². The zero-order chi connectivity index (χ0) is 11.5. The fraction of sp³-hybridized carbons (Fsp3) is 0.778. The van der Waals surface area contributed by atoms with Crippen LogP contribution in [0.1, 0.15) is 26.2 Å². The molecule has 0 aromatic rings. The third kappa shape index (κ3) is 4.11. The Morgan fingerprint density at radius 3 is 2.93 bits per heavy atom. The van der Waals surface area contributed by atoms with Crippen LogP contribution < -0.4 is 0 Å². The lowest BCUT2D eigenvalue weighted by atomic mass is 9.76. The standard InChI is InChI=1S/C9H16BO4P/c1-3-7-4-8(10)6-9(5-7)14-15(11,12)13-2/h4,8-9H,3,5-6H2,1-2H3,(H,11,12)/t8-,9+/m1/s1. The molecular formula is C9H16BO4P. The minimum atomic E-state index is -3.89. The fourth-order valence-electron chi connectivity index (χ4n) is 1.69. The summed E-state index contributed by atoms with van der Waals surface area (Å²) < 4.78 is 20.6. The van der Waals surface area contributed by atoms with Crippen LogP contribution >= 0.6 is 7.82 Å². The van der Waals surface area contributed by atoms with Crippen LogP contribution in [0.15, 0.2) is 11.6 Å². The highest BCUT2D eigenvalue weighted by molar-refractivity contribution is 7.47. The van der Waals surface area contributed by atoms with Crippen molar-refractivity contribution >= 4 is 15.7 Å². The van der Waals surface area contributed by atoms with Gasteiger partial charge in [0, 0.05) is 7.11 Å². The maximum atomic E-state index is 11.2. The maximum Gasteiger partial charge on any atom is 0.472 e. The zero-order valence-corrected chi connectivity index (χ0v) is 9.94. The van der Waals surface area contributed by atoms with Gasteiger partial charge in [-0.2, -0.15) is 0 Å². The summed E-state index contributed by atoms with van der Waals surface area (Å²) in [6.07, 6.45) is 3.76. The van der Waals surface area contributed by atoms with Crippen molar-refractivity contribution in [2.75, 3.05) is 7.11 Å². The van der Waals surface area contributed by atoms with E-state index in [2.05, 4.69) is 4.52 Å². The third-order valence-corrected chi connectivity index (χ3v) is 3.47. The quantitative estimate of drug-likeness (QED) is 0.457. The number of phosphoric acid groups is 1. The van der Waals surface area contributed by atoms with E-state index in [0.717, 1.165) is 19.1 Å². The molecule has 1 rings (SSSR count). The van der Waals surface area contributed by atoms with E-state index < -0.39 is 7.82 Å². The van der Waals surface area contributed by atoms with E-state index in [1.165, 1.54) is 0 Å². The summed E-state index contributed by atoms with van der Waals surface area (Å²) in [4.78, 5) is 9.17. The number of phosphoric ester groups is 1. The highest BCUT2D eigenvalue weighted by atomic mass is 31.2. The molecule has 0 aromatic heterocycles. The molecule has 3 atom stereocenters. The second-order valence-electron chi connectivity index (χ2n) is 3.66. The van der Waals surface area contributed by atoms with Crippen molar-refractivity contribution in [2.24, 2.45) is 0 Å². The number of rotatable bonds is 4. The molecule has 1 aliphatic rings. The highest BCUT2D eigenvalue weighted by Crippen LogP contribution is 2.46. The van der Waals surface area contributed by atoms with Crippen LogP contribution in [0.2, 0.25) is 5.82 Å². The van der Waals surface area contributed by atoms with E-state index in [0.29, 0.717) is 12.8 Å². The van der Waals surface area contributed by atoms with Gasteiger partial charge in [-0.15, -0.1) is 0 Å². The van der Waals surface area contributed by atoms with Crippen molar-refractivity contribution in [3.63, 3.8) is 0 Å². The number of hydrogen-bond acceptors (Lipinski definition) is 3. The second-order valence-corrected chi connectivity index (χ2v) is 5.17.